The summed E-state index contributed by atoms with van der Waals surface area (Å²) in [7, 11) is 0. The molecule has 0 bridgehead atoms. The summed E-state index contributed by atoms with van der Waals surface area (Å²) < 4.78 is 5.44. The van der Waals surface area contributed by atoms with Gasteiger partial charge in [0.05, 0.1) is 0 Å². The quantitative estimate of drug-likeness (QED) is 0.577. The molecule has 2 aliphatic heterocycles. The molecule has 1 atom stereocenters. The molecule has 2 rings (SSSR count). The lowest BCUT2D eigenvalue weighted by molar-refractivity contribution is 0.0425. The first kappa shape index (κ1) is 14.3. The van der Waals surface area contributed by atoms with E-state index in [9.17, 15) is 0 Å². The van der Waals surface area contributed by atoms with Crippen LogP contribution in [0.4, 0.5) is 0 Å². The summed E-state index contributed by atoms with van der Waals surface area (Å²) in [6, 6.07) is 0.374. The van der Waals surface area contributed by atoms with Gasteiger partial charge in [0.25, 0.3) is 0 Å². The van der Waals surface area contributed by atoms with E-state index in [0.717, 1.165) is 19.1 Å². The molecule has 0 saturated carbocycles. The van der Waals surface area contributed by atoms with Crippen LogP contribution in [0.1, 0.15) is 46.0 Å². The molecule has 2 aliphatic rings. The third kappa shape index (κ3) is 3.23. The first-order valence-electron chi connectivity index (χ1n) is 7.43. The predicted octanol–water partition coefficient (Wildman–Crippen LogP) is 1.51. The summed E-state index contributed by atoms with van der Waals surface area (Å²) in [5, 5.41) is 0. The highest BCUT2D eigenvalue weighted by Gasteiger charge is 2.37. The molecule has 0 radical (unpaired) electrons. The van der Waals surface area contributed by atoms with E-state index >= 15 is 0 Å². The molecule has 0 aromatic heterocycles. The van der Waals surface area contributed by atoms with Gasteiger partial charge in [-0.05, 0) is 65.0 Å². The molecule has 106 valence electrons. The van der Waals surface area contributed by atoms with Crippen molar-refractivity contribution in [2.45, 2.75) is 57.5 Å². The lowest BCUT2D eigenvalue weighted by atomic mass is 9.83. The number of rotatable bonds is 5. The zero-order valence-electron chi connectivity index (χ0n) is 12.0. The molecule has 0 aromatic carbocycles. The Morgan fingerprint density at radius 1 is 1.28 bits per heavy atom. The van der Waals surface area contributed by atoms with Crippen LogP contribution in [0.5, 0.6) is 0 Å². The van der Waals surface area contributed by atoms with Crippen molar-refractivity contribution in [3.05, 3.63) is 0 Å². The minimum Gasteiger partial charge on any atom is -0.381 e. The second kappa shape index (κ2) is 6.33. The number of hydrogen-bond acceptors (Lipinski definition) is 4. The fourth-order valence-electron chi connectivity index (χ4n) is 3.39. The van der Waals surface area contributed by atoms with Gasteiger partial charge in [-0.2, -0.15) is 0 Å². The topological polar surface area (TPSA) is 50.5 Å². The highest BCUT2D eigenvalue weighted by Crippen LogP contribution is 2.30. The smallest absolute Gasteiger partial charge is 0.0468 e. The number of nitrogens with two attached hydrogens (primary N) is 1. The summed E-state index contributed by atoms with van der Waals surface area (Å²) in [6.45, 7) is 8.96. The lowest BCUT2D eigenvalue weighted by Crippen LogP contribution is -2.59. The van der Waals surface area contributed by atoms with Crippen molar-refractivity contribution in [3.8, 4) is 0 Å². The van der Waals surface area contributed by atoms with Crippen molar-refractivity contribution >= 4 is 0 Å². The van der Waals surface area contributed by atoms with E-state index in [0.29, 0.717) is 6.04 Å². The van der Waals surface area contributed by atoms with Gasteiger partial charge in [0.1, 0.15) is 0 Å². The van der Waals surface area contributed by atoms with Crippen LogP contribution in [-0.2, 0) is 4.74 Å². The Bertz CT molecular complexity index is 245. The Balaban J connectivity index is 1.93. The second-order valence-electron chi connectivity index (χ2n) is 6.36. The molecule has 18 heavy (non-hydrogen) atoms. The molecule has 2 heterocycles. The molecule has 1 unspecified atom stereocenters. The van der Waals surface area contributed by atoms with Crippen molar-refractivity contribution in [2.24, 2.45) is 11.8 Å². The van der Waals surface area contributed by atoms with Crippen LogP contribution in [0.25, 0.3) is 0 Å². The zero-order valence-corrected chi connectivity index (χ0v) is 12.0. The standard InChI is InChI=1S/C14H29N3O/c1-14(2,17-7-3-4-8-17)13(16-15)11-12-5-9-18-10-6-12/h12-13,16H,3-11,15H2,1-2H3. The van der Waals surface area contributed by atoms with Gasteiger partial charge in [-0.15, -0.1) is 0 Å². The van der Waals surface area contributed by atoms with Crippen LogP contribution in [0, 0.1) is 5.92 Å². The Labute approximate surface area is 111 Å². The average molecular weight is 255 g/mol. The van der Waals surface area contributed by atoms with E-state index in [1.165, 1.54) is 45.2 Å². The van der Waals surface area contributed by atoms with E-state index in [1.807, 2.05) is 0 Å². The molecule has 4 nitrogen and oxygen atoms in total. The highest BCUT2D eigenvalue weighted by molar-refractivity contribution is 4.95. The molecule has 2 saturated heterocycles. The molecular formula is C14H29N3O. The van der Waals surface area contributed by atoms with Crippen molar-refractivity contribution in [1.29, 1.82) is 0 Å². The molecule has 0 amide bonds. The van der Waals surface area contributed by atoms with E-state index in [2.05, 4.69) is 24.2 Å². The maximum atomic E-state index is 5.84. The third-order valence-corrected chi connectivity index (χ3v) is 4.88. The van der Waals surface area contributed by atoms with Crippen LogP contribution in [0.15, 0.2) is 0 Å². The number of nitrogens with zero attached hydrogens (tertiary/aromatic N) is 1. The Morgan fingerprint density at radius 2 is 1.89 bits per heavy atom. The Kier molecular flexibility index (Phi) is 5.01. The van der Waals surface area contributed by atoms with Gasteiger partial charge in [0.15, 0.2) is 0 Å². The fraction of sp³-hybridized carbons (Fsp3) is 1.00. The van der Waals surface area contributed by atoms with Crippen molar-refractivity contribution in [3.63, 3.8) is 0 Å². The van der Waals surface area contributed by atoms with Gasteiger partial charge in [0.2, 0.25) is 0 Å². The molecular weight excluding hydrogens is 226 g/mol. The number of nitrogens with one attached hydrogen (secondary N) is 1. The van der Waals surface area contributed by atoms with Crippen LogP contribution < -0.4 is 11.3 Å². The largest absolute Gasteiger partial charge is 0.381 e. The van der Waals surface area contributed by atoms with Crippen LogP contribution >= 0.6 is 0 Å². The summed E-state index contributed by atoms with van der Waals surface area (Å²) in [5.41, 5.74) is 3.24. The van der Waals surface area contributed by atoms with Crippen molar-refractivity contribution < 1.29 is 4.74 Å². The van der Waals surface area contributed by atoms with Gasteiger partial charge in [-0.3, -0.25) is 16.2 Å². The monoisotopic (exact) mass is 255 g/mol. The zero-order chi connectivity index (χ0) is 13.0. The van der Waals surface area contributed by atoms with E-state index < -0.39 is 0 Å². The number of likely N-dealkylation sites (tertiary alicyclic amines) is 1. The minimum atomic E-state index is 0.156. The normalized spacial score (nSPS) is 25.5. The summed E-state index contributed by atoms with van der Waals surface area (Å²) >= 11 is 0. The first-order chi connectivity index (χ1) is 8.64. The molecule has 3 N–H and O–H groups in total. The highest BCUT2D eigenvalue weighted by atomic mass is 16.5. The Morgan fingerprint density at radius 3 is 2.44 bits per heavy atom. The second-order valence-corrected chi connectivity index (χ2v) is 6.36. The summed E-state index contributed by atoms with van der Waals surface area (Å²) in [5.74, 6) is 6.60. The van der Waals surface area contributed by atoms with E-state index in [1.54, 1.807) is 0 Å². The van der Waals surface area contributed by atoms with Crippen LogP contribution in [-0.4, -0.2) is 42.8 Å². The number of ether oxygens (including phenoxy) is 1. The third-order valence-electron chi connectivity index (χ3n) is 4.88. The van der Waals surface area contributed by atoms with Crippen LogP contribution in [0.2, 0.25) is 0 Å². The summed E-state index contributed by atoms with van der Waals surface area (Å²) in [4.78, 5) is 2.59. The molecule has 0 aromatic rings. The van der Waals surface area contributed by atoms with Gasteiger partial charge in [-0.25, -0.2) is 0 Å². The van der Waals surface area contributed by atoms with Crippen molar-refractivity contribution in [2.75, 3.05) is 26.3 Å². The predicted molar refractivity (Wildman–Crippen MR) is 74.2 cm³/mol. The average Bonchev–Trinajstić information content (AvgIpc) is 2.91. The number of hydrogen-bond donors (Lipinski definition) is 2. The van der Waals surface area contributed by atoms with Crippen molar-refractivity contribution in [1.82, 2.24) is 10.3 Å². The number of hydrazine groups is 1. The molecule has 2 fully saturated rings. The molecule has 0 aliphatic carbocycles. The molecule has 0 spiro atoms. The maximum absolute atomic E-state index is 5.84. The minimum absolute atomic E-state index is 0.156. The first-order valence-corrected chi connectivity index (χ1v) is 7.43. The summed E-state index contributed by atoms with van der Waals surface area (Å²) in [6.07, 6.45) is 6.21. The van der Waals surface area contributed by atoms with Gasteiger partial charge in [0, 0.05) is 24.8 Å². The van der Waals surface area contributed by atoms with Gasteiger partial charge in [-0.1, -0.05) is 0 Å². The molecule has 4 heteroatoms. The SMILES string of the molecule is CC(C)(C(CC1CCOCC1)NN)N1CCCC1. The fourth-order valence-corrected chi connectivity index (χ4v) is 3.39. The Hall–Kier alpha value is -0.160. The van der Waals surface area contributed by atoms with Gasteiger partial charge >= 0.3 is 0 Å². The van der Waals surface area contributed by atoms with Crippen LogP contribution in [0.3, 0.4) is 0 Å². The maximum Gasteiger partial charge on any atom is 0.0468 e. The van der Waals surface area contributed by atoms with E-state index in [-0.39, 0.29) is 5.54 Å². The van der Waals surface area contributed by atoms with Gasteiger partial charge < -0.3 is 4.74 Å². The lowest BCUT2D eigenvalue weighted by Gasteiger charge is -2.43. The van der Waals surface area contributed by atoms with E-state index in [4.69, 9.17) is 10.6 Å².